The molecule has 0 aromatic carbocycles. The minimum Gasteiger partial charge on any atom is -0.393 e. The van der Waals surface area contributed by atoms with Gasteiger partial charge in [0, 0.05) is 51.5 Å². The van der Waals surface area contributed by atoms with E-state index in [-0.39, 0.29) is 6.10 Å². The number of rotatable bonds is 4. The van der Waals surface area contributed by atoms with Gasteiger partial charge in [-0.1, -0.05) is 0 Å². The number of hydrogen-bond donors (Lipinski definition) is 1. The Balaban J connectivity index is 1.44. The molecule has 2 aliphatic rings. The number of piperidine rings is 2. The fourth-order valence-electron chi connectivity index (χ4n) is 3.97. The van der Waals surface area contributed by atoms with Crippen molar-refractivity contribution in [1.29, 1.82) is 0 Å². The quantitative estimate of drug-likeness (QED) is 0.872. The van der Waals surface area contributed by atoms with Gasteiger partial charge in [-0.3, -0.25) is 4.90 Å². The number of nitrogens with zero attached hydrogens (tertiary/aromatic N) is 7. The molecule has 0 aliphatic carbocycles. The zero-order valence-corrected chi connectivity index (χ0v) is 15.3. The van der Waals surface area contributed by atoms with Gasteiger partial charge in [0.05, 0.1) is 12.6 Å². The molecule has 1 N–H and O–H groups in total. The van der Waals surface area contributed by atoms with Crippen LogP contribution in [0.4, 0.5) is 5.95 Å². The van der Waals surface area contributed by atoms with Crippen LogP contribution in [0.25, 0.3) is 0 Å². The van der Waals surface area contributed by atoms with Crippen molar-refractivity contribution in [3.8, 4) is 0 Å². The molecule has 2 aromatic rings. The minimum atomic E-state index is -0.144. The maximum Gasteiger partial charge on any atom is 0.225 e. The first kappa shape index (κ1) is 17.4. The highest BCUT2D eigenvalue weighted by Gasteiger charge is 2.27. The number of aliphatic hydroxyl groups is 1. The first-order valence-electron chi connectivity index (χ1n) is 9.51. The van der Waals surface area contributed by atoms with Crippen LogP contribution >= 0.6 is 0 Å². The average molecular weight is 357 g/mol. The van der Waals surface area contributed by atoms with Crippen LogP contribution < -0.4 is 4.90 Å². The third-order valence-corrected chi connectivity index (χ3v) is 5.54. The average Bonchev–Trinajstić information content (AvgIpc) is 3.05. The molecule has 2 saturated heterocycles. The van der Waals surface area contributed by atoms with E-state index in [1.807, 2.05) is 6.07 Å². The van der Waals surface area contributed by atoms with Crippen molar-refractivity contribution in [3.05, 3.63) is 30.1 Å². The topological polar surface area (TPSA) is 83.2 Å². The molecule has 0 spiro atoms. The molecule has 2 aromatic heterocycles. The van der Waals surface area contributed by atoms with Crippen molar-refractivity contribution in [2.24, 2.45) is 7.05 Å². The zero-order valence-electron chi connectivity index (χ0n) is 15.3. The van der Waals surface area contributed by atoms with E-state index in [4.69, 9.17) is 0 Å². The van der Waals surface area contributed by atoms with Gasteiger partial charge in [-0.2, -0.15) is 0 Å². The van der Waals surface area contributed by atoms with Gasteiger partial charge in [-0.25, -0.2) is 9.97 Å². The second-order valence-electron chi connectivity index (χ2n) is 7.37. The summed E-state index contributed by atoms with van der Waals surface area (Å²) in [5.74, 6) is 3.20. The lowest BCUT2D eigenvalue weighted by molar-refractivity contribution is 0.0775. The molecule has 0 unspecified atom stereocenters. The molecular weight excluding hydrogens is 330 g/mol. The second-order valence-corrected chi connectivity index (χ2v) is 7.37. The summed E-state index contributed by atoms with van der Waals surface area (Å²) in [5.41, 5.74) is 0. The smallest absolute Gasteiger partial charge is 0.225 e. The maximum atomic E-state index is 9.67. The van der Waals surface area contributed by atoms with Crippen LogP contribution in [-0.2, 0) is 13.6 Å². The van der Waals surface area contributed by atoms with E-state index in [0.29, 0.717) is 5.92 Å². The van der Waals surface area contributed by atoms with E-state index in [1.165, 1.54) is 0 Å². The van der Waals surface area contributed by atoms with Crippen LogP contribution in [0.1, 0.15) is 43.3 Å². The summed E-state index contributed by atoms with van der Waals surface area (Å²) >= 11 is 0. The third kappa shape index (κ3) is 3.71. The lowest BCUT2D eigenvalue weighted by atomic mass is 9.97. The molecule has 1 atom stereocenters. The fraction of sp³-hybridized carbons (Fsp3) is 0.667. The maximum absolute atomic E-state index is 9.67. The first-order valence-corrected chi connectivity index (χ1v) is 9.51. The number of likely N-dealkylation sites (tertiary alicyclic amines) is 1. The SMILES string of the molecule is Cn1c(CN2CCC(O)CC2)nnc1[C@H]1CCCN(c2ncccn2)C1. The second kappa shape index (κ2) is 7.67. The Kier molecular flexibility index (Phi) is 5.12. The molecule has 0 bridgehead atoms. The van der Waals surface area contributed by atoms with Gasteiger partial charge in [0.1, 0.15) is 11.6 Å². The lowest BCUT2D eigenvalue weighted by Gasteiger charge is -2.32. The highest BCUT2D eigenvalue weighted by atomic mass is 16.3. The summed E-state index contributed by atoms with van der Waals surface area (Å²) in [6, 6.07) is 1.85. The lowest BCUT2D eigenvalue weighted by Crippen LogP contribution is -2.37. The fourth-order valence-corrected chi connectivity index (χ4v) is 3.97. The highest BCUT2D eigenvalue weighted by Crippen LogP contribution is 2.27. The summed E-state index contributed by atoms with van der Waals surface area (Å²) in [5, 5.41) is 18.6. The Morgan fingerprint density at radius 2 is 1.85 bits per heavy atom. The van der Waals surface area contributed by atoms with Crippen molar-refractivity contribution in [3.63, 3.8) is 0 Å². The van der Waals surface area contributed by atoms with E-state index < -0.39 is 0 Å². The van der Waals surface area contributed by atoms with Crippen LogP contribution in [0, 0.1) is 0 Å². The standard InChI is InChI=1S/C18H27N7O/c1-23-16(13-24-10-5-15(26)6-11-24)21-22-17(23)14-4-2-9-25(12-14)18-19-7-3-8-20-18/h3,7-8,14-15,26H,2,4-6,9-13H2,1H3/t14-/m0/s1. The Morgan fingerprint density at radius 3 is 2.62 bits per heavy atom. The van der Waals surface area contributed by atoms with Crippen LogP contribution in [-0.4, -0.2) is 67.0 Å². The minimum absolute atomic E-state index is 0.144. The van der Waals surface area contributed by atoms with Crippen LogP contribution in [0.3, 0.4) is 0 Å². The van der Waals surface area contributed by atoms with Crippen LogP contribution in [0.15, 0.2) is 18.5 Å². The normalized spacial score (nSPS) is 22.7. The largest absolute Gasteiger partial charge is 0.393 e. The van der Waals surface area contributed by atoms with E-state index in [2.05, 4.69) is 41.6 Å². The van der Waals surface area contributed by atoms with Crippen molar-refractivity contribution in [2.75, 3.05) is 31.1 Å². The van der Waals surface area contributed by atoms with Crippen molar-refractivity contribution in [2.45, 2.75) is 44.2 Å². The summed E-state index contributed by atoms with van der Waals surface area (Å²) in [6.07, 6.45) is 7.36. The molecule has 8 nitrogen and oxygen atoms in total. The van der Waals surface area contributed by atoms with Crippen molar-refractivity contribution in [1.82, 2.24) is 29.6 Å². The molecule has 4 heterocycles. The van der Waals surface area contributed by atoms with Gasteiger partial charge in [0.2, 0.25) is 5.95 Å². The van der Waals surface area contributed by atoms with Crippen molar-refractivity contribution < 1.29 is 5.11 Å². The van der Waals surface area contributed by atoms with E-state index >= 15 is 0 Å². The Bertz CT molecular complexity index is 712. The van der Waals surface area contributed by atoms with Gasteiger partial charge < -0.3 is 14.6 Å². The summed E-state index contributed by atoms with van der Waals surface area (Å²) in [7, 11) is 2.07. The highest BCUT2D eigenvalue weighted by molar-refractivity contribution is 5.30. The van der Waals surface area contributed by atoms with Gasteiger partial charge in [-0.15, -0.1) is 10.2 Å². The van der Waals surface area contributed by atoms with E-state index in [1.54, 1.807) is 12.4 Å². The molecule has 4 rings (SSSR count). The number of aromatic nitrogens is 5. The summed E-state index contributed by atoms with van der Waals surface area (Å²) in [4.78, 5) is 13.4. The predicted molar refractivity (Wildman–Crippen MR) is 97.7 cm³/mol. The monoisotopic (exact) mass is 357 g/mol. The molecule has 0 saturated carbocycles. The van der Waals surface area contributed by atoms with Gasteiger partial charge in [0.25, 0.3) is 0 Å². The Labute approximate surface area is 153 Å². The Morgan fingerprint density at radius 1 is 1.08 bits per heavy atom. The first-order chi connectivity index (χ1) is 12.7. The van der Waals surface area contributed by atoms with Gasteiger partial charge in [-0.05, 0) is 31.7 Å². The van der Waals surface area contributed by atoms with Gasteiger partial charge in [0.15, 0.2) is 0 Å². The molecule has 26 heavy (non-hydrogen) atoms. The third-order valence-electron chi connectivity index (χ3n) is 5.54. The van der Waals surface area contributed by atoms with E-state index in [0.717, 1.165) is 76.0 Å². The Hall–Kier alpha value is -2.06. The van der Waals surface area contributed by atoms with Crippen molar-refractivity contribution >= 4 is 5.95 Å². The molecule has 2 fully saturated rings. The summed E-state index contributed by atoms with van der Waals surface area (Å²) < 4.78 is 2.16. The molecule has 140 valence electrons. The molecule has 0 radical (unpaired) electrons. The van der Waals surface area contributed by atoms with Crippen LogP contribution in [0.5, 0.6) is 0 Å². The molecule has 2 aliphatic heterocycles. The van der Waals surface area contributed by atoms with E-state index in [9.17, 15) is 5.11 Å². The predicted octanol–water partition coefficient (Wildman–Crippen LogP) is 0.946. The number of aliphatic hydroxyl groups excluding tert-OH is 1. The summed E-state index contributed by atoms with van der Waals surface area (Å²) in [6.45, 7) is 4.51. The molecule has 0 amide bonds. The number of hydrogen-bond acceptors (Lipinski definition) is 7. The molecular formula is C18H27N7O. The zero-order chi connectivity index (χ0) is 17.9. The number of anilines is 1. The van der Waals surface area contributed by atoms with Crippen LogP contribution in [0.2, 0.25) is 0 Å². The van der Waals surface area contributed by atoms with Gasteiger partial charge >= 0.3 is 0 Å². The molecule has 8 heteroatoms.